The van der Waals surface area contributed by atoms with Gasteiger partial charge in [-0.2, -0.15) is 24.4 Å². The highest BCUT2D eigenvalue weighted by Crippen LogP contribution is 2.08. The Bertz CT molecular complexity index is 56.6. The Hall–Kier alpha value is 0.700. The van der Waals surface area contributed by atoms with E-state index in [0.717, 1.165) is 5.75 Å². The van der Waals surface area contributed by atoms with Gasteiger partial charge >= 0.3 is 0 Å². The SMILES string of the molecule is CCCCCSCCCCS. The maximum absolute atomic E-state index is 4.17. The van der Waals surface area contributed by atoms with Gasteiger partial charge in [0.1, 0.15) is 0 Å². The largest absolute Gasteiger partial charge is 0.179 e. The highest BCUT2D eigenvalue weighted by molar-refractivity contribution is 7.99. The van der Waals surface area contributed by atoms with Crippen LogP contribution < -0.4 is 0 Å². The normalized spacial score (nSPS) is 10.4. The molecule has 0 aromatic rings. The lowest BCUT2D eigenvalue weighted by Gasteiger charge is -1.99. The molecule has 0 unspecified atom stereocenters. The predicted octanol–water partition coefficient (Wildman–Crippen LogP) is 3.62. The van der Waals surface area contributed by atoms with E-state index in [4.69, 9.17) is 0 Å². The van der Waals surface area contributed by atoms with Crippen molar-refractivity contribution in [1.82, 2.24) is 0 Å². The molecule has 0 amide bonds. The molecule has 0 fully saturated rings. The second-order valence-corrected chi connectivity index (χ2v) is 4.42. The van der Waals surface area contributed by atoms with E-state index < -0.39 is 0 Å². The number of unbranched alkanes of at least 4 members (excludes halogenated alkanes) is 3. The molecule has 0 radical (unpaired) electrons. The van der Waals surface area contributed by atoms with Crippen LogP contribution in [0.3, 0.4) is 0 Å². The monoisotopic (exact) mass is 192 g/mol. The molecule has 0 aromatic heterocycles. The average molecular weight is 192 g/mol. The maximum Gasteiger partial charge on any atom is -0.00672 e. The molecule has 0 aliphatic heterocycles. The summed E-state index contributed by atoms with van der Waals surface area (Å²) in [5, 5.41) is 0. The van der Waals surface area contributed by atoms with Crippen molar-refractivity contribution in [3.8, 4) is 0 Å². The first-order chi connectivity index (χ1) is 5.41. The first-order valence-electron chi connectivity index (χ1n) is 4.60. The summed E-state index contributed by atoms with van der Waals surface area (Å²) in [5.74, 6) is 3.75. The van der Waals surface area contributed by atoms with E-state index in [1.807, 2.05) is 0 Å². The predicted molar refractivity (Wildman–Crippen MR) is 59.9 cm³/mol. The zero-order chi connectivity index (χ0) is 8.36. The van der Waals surface area contributed by atoms with Gasteiger partial charge in [-0.25, -0.2) is 0 Å². The summed E-state index contributed by atoms with van der Waals surface area (Å²) in [6, 6.07) is 0. The minimum atomic E-state index is 1.05. The van der Waals surface area contributed by atoms with Crippen molar-refractivity contribution >= 4 is 24.4 Å². The third-order valence-corrected chi connectivity index (χ3v) is 3.06. The summed E-state index contributed by atoms with van der Waals surface area (Å²) in [6.45, 7) is 2.26. The Morgan fingerprint density at radius 3 is 2.18 bits per heavy atom. The molecule has 0 bridgehead atoms. The molecule has 68 valence electrons. The molecule has 11 heavy (non-hydrogen) atoms. The summed E-state index contributed by atoms with van der Waals surface area (Å²) < 4.78 is 0. The van der Waals surface area contributed by atoms with Crippen LogP contribution >= 0.6 is 24.4 Å². The van der Waals surface area contributed by atoms with Crippen molar-refractivity contribution in [2.24, 2.45) is 0 Å². The number of hydrogen-bond acceptors (Lipinski definition) is 2. The average Bonchev–Trinajstić information content (AvgIpc) is 2.03. The van der Waals surface area contributed by atoms with Gasteiger partial charge in [0.05, 0.1) is 0 Å². The van der Waals surface area contributed by atoms with Gasteiger partial charge in [0, 0.05) is 0 Å². The minimum absolute atomic E-state index is 1.05. The molecule has 0 aliphatic rings. The van der Waals surface area contributed by atoms with Crippen LogP contribution in [0.4, 0.5) is 0 Å². The van der Waals surface area contributed by atoms with E-state index in [0.29, 0.717) is 0 Å². The highest BCUT2D eigenvalue weighted by atomic mass is 32.2. The maximum atomic E-state index is 4.17. The van der Waals surface area contributed by atoms with Crippen LogP contribution in [0.15, 0.2) is 0 Å². The number of thioether (sulfide) groups is 1. The van der Waals surface area contributed by atoms with E-state index in [-0.39, 0.29) is 0 Å². The van der Waals surface area contributed by atoms with E-state index in [1.165, 1.54) is 43.6 Å². The molecule has 0 heterocycles. The Morgan fingerprint density at radius 2 is 1.64 bits per heavy atom. The highest BCUT2D eigenvalue weighted by Gasteiger charge is 1.89. The van der Waals surface area contributed by atoms with Crippen LogP contribution in [-0.4, -0.2) is 17.3 Å². The first kappa shape index (κ1) is 11.7. The van der Waals surface area contributed by atoms with Gasteiger partial charge in [0.15, 0.2) is 0 Å². The third-order valence-electron chi connectivity index (χ3n) is 1.59. The van der Waals surface area contributed by atoms with Crippen LogP contribution in [0.25, 0.3) is 0 Å². The van der Waals surface area contributed by atoms with Gasteiger partial charge in [0.25, 0.3) is 0 Å². The number of hydrogen-bond donors (Lipinski definition) is 1. The van der Waals surface area contributed by atoms with Crippen molar-refractivity contribution in [3.05, 3.63) is 0 Å². The van der Waals surface area contributed by atoms with Crippen molar-refractivity contribution in [2.45, 2.75) is 39.0 Å². The molecule has 2 heteroatoms. The molecular weight excluding hydrogens is 172 g/mol. The van der Waals surface area contributed by atoms with Gasteiger partial charge in [-0.3, -0.25) is 0 Å². The molecule has 0 saturated heterocycles. The van der Waals surface area contributed by atoms with Crippen molar-refractivity contribution in [1.29, 1.82) is 0 Å². The van der Waals surface area contributed by atoms with E-state index in [9.17, 15) is 0 Å². The van der Waals surface area contributed by atoms with Crippen LogP contribution in [0, 0.1) is 0 Å². The second-order valence-electron chi connectivity index (χ2n) is 2.75. The molecular formula is C9H20S2. The van der Waals surface area contributed by atoms with Gasteiger partial charge < -0.3 is 0 Å². The van der Waals surface area contributed by atoms with Gasteiger partial charge in [-0.05, 0) is 36.5 Å². The fourth-order valence-electron chi connectivity index (χ4n) is 0.872. The quantitative estimate of drug-likeness (QED) is 0.453. The summed E-state index contributed by atoms with van der Waals surface area (Å²) in [5.41, 5.74) is 0. The molecule has 0 aliphatic carbocycles. The van der Waals surface area contributed by atoms with Crippen molar-refractivity contribution in [2.75, 3.05) is 17.3 Å². The summed E-state index contributed by atoms with van der Waals surface area (Å²) in [6.07, 6.45) is 6.78. The Morgan fingerprint density at radius 1 is 1.00 bits per heavy atom. The van der Waals surface area contributed by atoms with E-state index in [1.54, 1.807) is 0 Å². The lowest BCUT2D eigenvalue weighted by atomic mass is 10.3. The standard InChI is InChI=1S/C9H20S2/c1-2-3-5-8-11-9-6-4-7-10/h10H,2-9H2,1H3. The van der Waals surface area contributed by atoms with Gasteiger partial charge in [0.2, 0.25) is 0 Å². The summed E-state index contributed by atoms with van der Waals surface area (Å²) >= 11 is 6.27. The van der Waals surface area contributed by atoms with Crippen molar-refractivity contribution < 1.29 is 0 Å². The van der Waals surface area contributed by atoms with Crippen molar-refractivity contribution in [3.63, 3.8) is 0 Å². The minimum Gasteiger partial charge on any atom is -0.179 e. The lowest BCUT2D eigenvalue weighted by molar-refractivity contribution is 0.777. The smallest absolute Gasteiger partial charge is 0.00672 e. The molecule has 0 aromatic carbocycles. The number of thiol groups is 1. The fourth-order valence-corrected chi connectivity index (χ4v) is 2.12. The third kappa shape index (κ3) is 10.7. The molecule has 0 N–H and O–H groups in total. The molecule has 0 spiro atoms. The Balaban J connectivity index is 2.69. The number of rotatable bonds is 8. The van der Waals surface area contributed by atoms with E-state index in [2.05, 4.69) is 31.3 Å². The zero-order valence-corrected chi connectivity index (χ0v) is 9.22. The topological polar surface area (TPSA) is 0 Å². The first-order valence-corrected chi connectivity index (χ1v) is 6.39. The summed E-state index contributed by atoms with van der Waals surface area (Å²) in [4.78, 5) is 0. The van der Waals surface area contributed by atoms with Crippen LogP contribution in [-0.2, 0) is 0 Å². The van der Waals surface area contributed by atoms with E-state index >= 15 is 0 Å². The molecule has 0 atom stereocenters. The molecule has 0 rings (SSSR count). The lowest BCUT2D eigenvalue weighted by Crippen LogP contribution is -1.85. The molecule has 0 nitrogen and oxygen atoms in total. The van der Waals surface area contributed by atoms with Crippen LogP contribution in [0.2, 0.25) is 0 Å². The van der Waals surface area contributed by atoms with Gasteiger partial charge in [-0.15, -0.1) is 0 Å². The Labute approximate surface area is 80.9 Å². The van der Waals surface area contributed by atoms with Gasteiger partial charge in [-0.1, -0.05) is 19.8 Å². The second kappa shape index (κ2) is 10.7. The zero-order valence-electron chi connectivity index (χ0n) is 7.51. The van der Waals surface area contributed by atoms with Crippen LogP contribution in [0.1, 0.15) is 39.0 Å². The van der Waals surface area contributed by atoms with Crippen LogP contribution in [0.5, 0.6) is 0 Å². The molecule has 0 saturated carbocycles. The Kier molecular flexibility index (Phi) is 11.4. The summed E-state index contributed by atoms with van der Waals surface area (Å²) in [7, 11) is 0. The fraction of sp³-hybridized carbons (Fsp3) is 1.00.